The summed E-state index contributed by atoms with van der Waals surface area (Å²) in [5.41, 5.74) is 0.173. The van der Waals surface area contributed by atoms with Crippen LogP contribution < -0.4 is 4.72 Å². The lowest BCUT2D eigenvalue weighted by atomic mass is 10.2. The molecule has 0 saturated carbocycles. The number of halogens is 3. The van der Waals surface area contributed by atoms with Gasteiger partial charge in [-0.05, 0) is 30.3 Å². The zero-order valence-electron chi connectivity index (χ0n) is 10.5. The minimum absolute atomic E-state index is 0.0616. The lowest BCUT2D eigenvalue weighted by molar-refractivity contribution is 0.282. The molecule has 0 bridgehead atoms. The Morgan fingerprint density at radius 1 is 1.19 bits per heavy atom. The van der Waals surface area contributed by atoms with Crippen LogP contribution in [-0.2, 0) is 16.6 Å². The van der Waals surface area contributed by atoms with Gasteiger partial charge in [0.25, 0.3) is 10.0 Å². The van der Waals surface area contributed by atoms with Crippen LogP contribution in [0.15, 0.2) is 41.3 Å². The molecule has 2 rings (SSSR count). The molecule has 0 heterocycles. The molecule has 0 aliphatic rings. The topological polar surface area (TPSA) is 66.4 Å². The zero-order chi connectivity index (χ0) is 15.6. The molecule has 0 aliphatic carbocycles. The molecule has 0 fully saturated rings. The van der Waals surface area contributed by atoms with E-state index in [1.165, 1.54) is 30.3 Å². The highest BCUT2D eigenvalue weighted by Crippen LogP contribution is 2.32. The number of sulfonamides is 1. The van der Waals surface area contributed by atoms with Crippen LogP contribution in [0.5, 0.6) is 0 Å². The molecule has 2 N–H and O–H groups in total. The largest absolute Gasteiger partial charge is 0.392 e. The molecule has 8 heteroatoms. The highest BCUT2D eigenvalue weighted by molar-refractivity contribution is 7.92. The van der Waals surface area contributed by atoms with Crippen molar-refractivity contribution in [3.05, 3.63) is 57.8 Å². The van der Waals surface area contributed by atoms with Crippen molar-refractivity contribution in [3.63, 3.8) is 0 Å². The standard InChI is InChI=1S/C13H10Cl2FNO3S/c14-11-4-5-12(13(15)10(11)7-18)21(19,20)17-9-3-1-2-8(16)6-9/h1-6,17-18H,7H2. The molecule has 2 aromatic carbocycles. The summed E-state index contributed by atoms with van der Waals surface area (Å²) in [5.74, 6) is -0.576. The van der Waals surface area contributed by atoms with Crippen LogP contribution in [0, 0.1) is 5.82 Å². The van der Waals surface area contributed by atoms with E-state index in [1.54, 1.807) is 0 Å². The Bertz CT molecular complexity index is 781. The van der Waals surface area contributed by atoms with Gasteiger partial charge in [-0.2, -0.15) is 0 Å². The molecule has 4 nitrogen and oxygen atoms in total. The van der Waals surface area contributed by atoms with Gasteiger partial charge in [-0.3, -0.25) is 4.72 Å². The summed E-state index contributed by atoms with van der Waals surface area (Å²) in [4.78, 5) is -0.248. The highest BCUT2D eigenvalue weighted by Gasteiger charge is 2.21. The van der Waals surface area contributed by atoms with E-state index in [-0.39, 0.29) is 26.2 Å². The predicted octanol–water partition coefficient (Wildman–Crippen LogP) is 3.43. The van der Waals surface area contributed by atoms with Crippen molar-refractivity contribution in [3.8, 4) is 0 Å². The molecule has 0 aromatic heterocycles. The molecular formula is C13H10Cl2FNO3S. The van der Waals surface area contributed by atoms with Gasteiger partial charge < -0.3 is 5.11 Å². The molecule has 0 aliphatic heterocycles. The van der Waals surface area contributed by atoms with Crippen LogP contribution in [-0.4, -0.2) is 13.5 Å². The van der Waals surface area contributed by atoms with Crippen molar-refractivity contribution in [1.82, 2.24) is 0 Å². The average Bonchev–Trinajstić information content (AvgIpc) is 2.38. The van der Waals surface area contributed by atoms with E-state index in [2.05, 4.69) is 4.72 Å². The van der Waals surface area contributed by atoms with E-state index < -0.39 is 22.4 Å². The monoisotopic (exact) mass is 349 g/mol. The third-order valence-corrected chi connectivity index (χ3v) is 5.00. The van der Waals surface area contributed by atoms with Gasteiger partial charge in [-0.15, -0.1) is 0 Å². The summed E-state index contributed by atoms with van der Waals surface area (Å²) in [7, 11) is -4.03. The fraction of sp³-hybridized carbons (Fsp3) is 0.0769. The number of hydrogen-bond donors (Lipinski definition) is 2. The molecule has 112 valence electrons. The fourth-order valence-corrected chi connectivity index (χ4v) is 3.64. The van der Waals surface area contributed by atoms with Gasteiger partial charge in [-0.1, -0.05) is 29.3 Å². The van der Waals surface area contributed by atoms with Crippen LogP contribution in [0.3, 0.4) is 0 Å². The first-order chi connectivity index (χ1) is 9.85. The van der Waals surface area contributed by atoms with E-state index in [0.29, 0.717) is 0 Å². The maximum absolute atomic E-state index is 13.1. The summed E-state index contributed by atoms with van der Waals surface area (Å²) in [5, 5.41) is 9.17. The van der Waals surface area contributed by atoms with Gasteiger partial charge in [0.15, 0.2) is 0 Å². The first-order valence-corrected chi connectivity index (χ1v) is 7.95. The van der Waals surface area contributed by atoms with Crippen LogP contribution >= 0.6 is 23.2 Å². The lowest BCUT2D eigenvalue weighted by Crippen LogP contribution is -2.14. The molecule has 0 saturated heterocycles. The van der Waals surface area contributed by atoms with Crippen LogP contribution in [0.2, 0.25) is 10.0 Å². The van der Waals surface area contributed by atoms with Crippen molar-refractivity contribution in [2.75, 3.05) is 4.72 Å². The molecular weight excluding hydrogens is 340 g/mol. The van der Waals surface area contributed by atoms with Crippen molar-refractivity contribution in [2.45, 2.75) is 11.5 Å². The van der Waals surface area contributed by atoms with Gasteiger partial charge >= 0.3 is 0 Å². The number of rotatable bonds is 4. The van der Waals surface area contributed by atoms with Gasteiger partial charge in [0.1, 0.15) is 10.7 Å². The van der Waals surface area contributed by atoms with Gasteiger partial charge in [0, 0.05) is 10.6 Å². The maximum atomic E-state index is 13.1. The second-order valence-electron chi connectivity index (χ2n) is 4.11. The number of aliphatic hydroxyl groups is 1. The first kappa shape index (κ1) is 16.0. The van der Waals surface area contributed by atoms with Crippen molar-refractivity contribution in [1.29, 1.82) is 0 Å². The third-order valence-electron chi connectivity index (χ3n) is 2.68. The van der Waals surface area contributed by atoms with Crippen LogP contribution in [0.25, 0.3) is 0 Å². The number of aliphatic hydroxyl groups excluding tert-OH is 1. The average molecular weight is 350 g/mol. The van der Waals surface area contributed by atoms with Gasteiger partial charge in [0.05, 0.1) is 17.3 Å². The van der Waals surface area contributed by atoms with Crippen molar-refractivity contribution < 1.29 is 17.9 Å². The van der Waals surface area contributed by atoms with E-state index in [0.717, 1.165) is 6.07 Å². The van der Waals surface area contributed by atoms with Crippen molar-refractivity contribution >= 4 is 38.9 Å². The SMILES string of the molecule is O=S(=O)(Nc1cccc(F)c1)c1ccc(Cl)c(CO)c1Cl. The maximum Gasteiger partial charge on any atom is 0.263 e. The summed E-state index contributed by atoms with van der Waals surface area (Å²) < 4.78 is 39.8. The molecule has 2 aromatic rings. The Morgan fingerprint density at radius 3 is 2.52 bits per heavy atom. The molecule has 21 heavy (non-hydrogen) atoms. The minimum atomic E-state index is -4.03. The van der Waals surface area contributed by atoms with Gasteiger partial charge in [-0.25, -0.2) is 12.8 Å². The minimum Gasteiger partial charge on any atom is -0.392 e. The number of hydrogen-bond acceptors (Lipinski definition) is 3. The smallest absolute Gasteiger partial charge is 0.263 e. The van der Waals surface area contributed by atoms with E-state index in [4.69, 9.17) is 23.2 Å². The molecule has 0 amide bonds. The molecule has 0 atom stereocenters. The van der Waals surface area contributed by atoms with Crippen molar-refractivity contribution in [2.24, 2.45) is 0 Å². The Labute approximate surface area is 131 Å². The molecule has 0 radical (unpaired) electrons. The normalized spacial score (nSPS) is 11.4. The number of nitrogens with one attached hydrogen (secondary N) is 1. The fourth-order valence-electron chi connectivity index (χ4n) is 1.69. The highest BCUT2D eigenvalue weighted by atomic mass is 35.5. The third kappa shape index (κ3) is 3.47. The first-order valence-electron chi connectivity index (χ1n) is 5.71. The van der Waals surface area contributed by atoms with E-state index in [1.807, 2.05) is 0 Å². The summed E-state index contributed by atoms with van der Waals surface area (Å²) in [6, 6.07) is 7.53. The zero-order valence-corrected chi connectivity index (χ0v) is 12.8. The predicted molar refractivity (Wildman–Crippen MR) is 79.6 cm³/mol. The Morgan fingerprint density at radius 2 is 1.90 bits per heavy atom. The molecule has 0 spiro atoms. The Kier molecular flexibility index (Phi) is 4.73. The van der Waals surface area contributed by atoms with E-state index in [9.17, 15) is 17.9 Å². The molecule has 0 unspecified atom stereocenters. The Hall–Kier alpha value is -1.34. The summed E-state index contributed by atoms with van der Waals surface area (Å²) >= 11 is 11.8. The summed E-state index contributed by atoms with van der Waals surface area (Å²) in [6.07, 6.45) is 0. The van der Waals surface area contributed by atoms with E-state index >= 15 is 0 Å². The number of anilines is 1. The van der Waals surface area contributed by atoms with Gasteiger partial charge in [0.2, 0.25) is 0 Å². The summed E-state index contributed by atoms with van der Waals surface area (Å²) in [6.45, 7) is -0.499. The second-order valence-corrected chi connectivity index (χ2v) is 6.55. The quantitative estimate of drug-likeness (QED) is 0.888. The van der Waals surface area contributed by atoms with Crippen LogP contribution in [0.4, 0.5) is 10.1 Å². The van der Waals surface area contributed by atoms with Crippen LogP contribution in [0.1, 0.15) is 5.56 Å². The second kappa shape index (κ2) is 6.19. The lowest BCUT2D eigenvalue weighted by Gasteiger charge is -2.12. The number of benzene rings is 2. The Balaban J connectivity index is 2.45.